The highest BCUT2D eigenvalue weighted by Gasteiger charge is 2.10. The molecule has 0 amide bonds. The molecule has 0 aliphatic heterocycles. The van der Waals surface area contributed by atoms with Gasteiger partial charge in [0.15, 0.2) is 0 Å². The van der Waals surface area contributed by atoms with Crippen LogP contribution in [0.1, 0.15) is 16.6 Å². The van der Waals surface area contributed by atoms with Crippen LogP contribution in [0.5, 0.6) is 0 Å². The van der Waals surface area contributed by atoms with Crippen molar-refractivity contribution in [1.29, 1.82) is 0 Å². The fourth-order valence-corrected chi connectivity index (χ4v) is 1.46. The minimum absolute atomic E-state index is 0.0118. The van der Waals surface area contributed by atoms with Crippen LogP contribution in [0.15, 0.2) is 24.3 Å². The number of terminal acetylenes is 1. The van der Waals surface area contributed by atoms with Crippen molar-refractivity contribution < 1.29 is 9.04 Å². The summed E-state index contributed by atoms with van der Waals surface area (Å²) in [7, 11) is 0. The number of nitro groups is 1. The predicted octanol–water partition coefficient (Wildman–Crippen LogP) is 2.09. The first-order valence-corrected chi connectivity index (χ1v) is 5.19. The summed E-state index contributed by atoms with van der Waals surface area (Å²) in [4.78, 5) is 11.3. The summed E-state index contributed by atoms with van der Waals surface area (Å²) in [6.07, 6.45) is 5.65. The Bertz CT molecular complexity index is 506. The third kappa shape index (κ3) is 3.89. The second-order valence-electron chi connectivity index (χ2n) is 3.81. The zero-order chi connectivity index (χ0) is 15.3. The van der Waals surface area contributed by atoms with Gasteiger partial charge in [-0.25, -0.2) is 0 Å². The van der Waals surface area contributed by atoms with Gasteiger partial charge < -0.3 is 0 Å². The van der Waals surface area contributed by atoms with Gasteiger partial charge in [0.2, 0.25) is 0 Å². The average molecular weight is 235 g/mol. The lowest BCUT2D eigenvalue weighted by atomic mass is 10.1. The Morgan fingerprint density at radius 1 is 1.59 bits per heavy atom. The van der Waals surface area contributed by atoms with E-state index in [4.69, 9.17) is 10.5 Å². The molecule has 0 heterocycles. The van der Waals surface area contributed by atoms with Crippen LogP contribution >= 0.6 is 0 Å². The maximum Gasteiger partial charge on any atom is 0.269 e. The molecule has 1 unspecified atom stereocenters. The zero-order valence-electron chi connectivity index (χ0n) is 12.6. The van der Waals surface area contributed by atoms with Gasteiger partial charge >= 0.3 is 0 Å². The molecule has 0 N–H and O–H groups in total. The molecule has 0 fully saturated rings. The van der Waals surface area contributed by atoms with E-state index in [1.807, 2.05) is 0 Å². The second kappa shape index (κ2) is 6.02. The first kappa shape index (κ1) is 9.20. The van der Waals surface area contributed by atoms with Crippen LogP contribution in [0.25, 0.3) is 0 Å². The van der Waals surface area contributed by atoms with E-state index >= 15 is 0 Å². The normalized spacial score (nSPS) is 15.5. The Balaban J connectivity index is 2.80. The van der Waals surface area contributed by atoms with Gasteiger partial charge in [-0.3, -0.25) is 15.0 Å². The number of hydrogen-bond donors (Lipinski definition) is 0. The minimum Gasteiger partial charge on any atom is -0.292 e. The van der Waals surface area contributed by atoms with E-state index in [-0.39, 0.29) is 18.3 Å². The summed E-state index contributed by atoms with van der Waals surface area (Å²) < 4.78 is 22.4. The molecule has 0 saturated carbocycles. The van der Waals surface area contributed by atoms with Gasteiger partial charge in [-0.1, -0.05) is 18.1 Å². The Labute approximate surface area is 106 Å². The van der Waals surface area contributed by atoms with Gasteiger partial charge in [-0.05, 0) is 25.9 Å². The number of non-ortho nitro benzene ring substituents is 1. The third-order valence-electron chi connectivity index (χ3n) is 2.47. The first-order valence-electron chi connectivity index (χ1n) is 6.69. The lowest BCUT2D eigenvalue weighted by Gasteiger charge is -2.22. The molecule has 0 radical (unpaired) electrons. The fraction of sp³-hybridized carbons (Fsp3) is 0.385. The van der Waals surface area contributed by atoms with Crippen molar-refractivity contribution in [3.63, 3.8) is 0 Å². The molecule has 0 aromatic heterocycles. The van der Waals surface area contributed by atoms with Crippen LogP contribution in [0, 0.1) is 22.5 Å². The van der Waals surface area contributed by atoms with Gasteiger partial charge in [0, 0.05) is 22.3 Å². The van der Waals surface area contributed by atoms with Crippen LogP contribution < -0.4 is 0 Å². The Morgan fingerprint density at radius 2 is 2.24 bits per heavy atom. The van der Waals surface area contributed by atoms with Gasteiger partial charge in [-0.15, -0.1) is 6.42 Å². The lowest BCUT2D eigenvalue weighted by molar-refractivity contribution is -0.384. The SMILES string of the molecule is [2H]C([2H])([2H])N(CC#C)C(C)Cc1ccc([N+](=O)[O-])cc1. The zero-order valence-corrected chi connectivity index (χ0v) is 9.59. The number of rotatable bonds is 5. The Kier molecular flexibility index (Phi) is 3.26. The van der Waals surface area contributed by atoms with E-state index in [2.05, 4.69) is 5.92 Å². The smallest absolute Gasteiger partial charge is 0.269 e. The van der Waals surface area contributed by atoms with E-state index in [0.29, 0.717) is 6.42 Å². The molecule has 1 aromatic rings. The summed E-state index contributed by atoms with van der Waals surface area (Å²) in [5, 5.41) is 10.6. The van der Waals surface area contributed by atoms with Crippen molar-refractivity contribution in [2.45, 2.75) is 19.4 Å². The highest BCUT2D eigenvalue weighted by Crippen LogP contribution is 2.14. The molecule has 1 atom stereocenters. The van der Waals surface area contributed by atoms with E-state index in [1.165, 1.54) is 17.0 Å². The molecule has 0 aliphatic carbocycles. The van der Waals surface area contributed by atoms with Crippen LogP contribution in [-0.4, -0.2) is 29.4 Å². The van der Waals surface area contributed by atoms with Gasteiger partial charge in [-0.2, -0.15) is 0 Å². The first-order chi connectivity index (χ1) is 9.25. The topological polar surface area (TPSA) is 46.4 Å². The molecule has 4 heteroatoms. The molecular formula is C13H16N2O2. The largest absolute Gasteiger partial charge is 0.292 e. The van der Waals surface area contributed by atoms with Crippen LogP contribution in [0.2, 0.25) is 0 Å². The second-order valence-corrected chi connectivity index (χ2v) is 3.81. The van der Waals surface area contributed by atoms with Crippen molar-refractivity contribution in [1.82, 2.24) is 4.90 Å². The van der Waals surface area contributed by atoms with E-state index in [0.717, 1.165) is 5.56 Å². The molecule has 1 aromatic carbocycles. The molecule has 90 valence electrons. The highest BCUT2D eigenvalue weighted by molar-refractivity contribution is 5.33. The fourth-order valence-electron chi connectivity index (χ4n) is 1.46. The molecule has 4 nitrogen and oxygen atoms in total. The molecule has 1 rings (SSSR count). The molecule has 0 saturated heterocycles. The number of hydrogen-bond acceptors (Lipinski definition) is 3. The number of nitrogens with zero attached hydrogens (tertiary/aromatic N) is 2. The lowest BCUT2D eigenvalue weighted by Crippen LogP contribution is -2.31. The summed E-state index contributed by atoms with van der Waals surface area (Å²) in [6.45, 7) is -0.456. The van der Waals surface area contributed by atoms with Gasteiger partial charge in [0.05, 0.1) is 11.5 Å². The summed E-state index contributed by atoms with van der Waals surface area (Å²) in [6, 6.07) is 5.77. The number of likely N-dealkylation sites (N-methyl/N-ethyl adjacent to an activating group) is 1. The third-order valence-corrected chi connectivity index (χ3v) is 2.47. The van der Waals surface area contributed by atoms with Crippen molar-refractivity contribution in [2.75, 3.05) is 13.5 Å². The molecule has 0 aliphatic rings. The average Bonchev–Trinajstić information content (AvgIpc) is 2.35. The summed E-state index contributed by atoms with van der Waals surface area (Å²) >= 11 is 0. The standard InChI is InChI=1S/C13H16N2O2/c1-4-9-14(3)11(2)10-12-5-7-13(8-6-12)15(16)17/h1,5-8,11H,9-10H2,2-3H3/i3D3. The van der Waals surface area contributed by atoms with Crippen molar-refractivity contribution in [2.24, 2.45) is 0 Å². The number of nitro benzene ring substituents is 1. The van der Waals surface area contributed by atoms with Crippen molar-refractivity contribution in [3.05, 3.63) is 39.9 Å². The molecular weight excluding hydrogens is 216 g/mol. The molecule has 0 bridgehead atoms. The molecule has 17 heavy (non-hydrogen) atoms. The maximum absolute atomic E-state index is 10.6. The van der Waals surface area contributed by atoms with Crippen molar-refractivity contribution >= 4 is 5.69 Å². The predicted molar refractivity (Wildman–Crippen MR) is 67.7 cm³/mol. The summed E-state index contributed by atoms with van der Waals surface area (Å²) in [5.41, 5.74) is 0.840. The van der Waals surface area contributed by atoms with Gasteiger partial charge in [0.1, 0.15) is 0 Å². The molecule has 0 spiro atoms. The Hall–Kier alpha value is -1.86. The van der Waals surface area contributed by atoms with Crippen LogP contribution in [0.4, 0.5) is 5.69 Å². The van der Waals surface area contributed by atoms with Crippen molar-refractivity contribution in [3.8, 4) is 12.3 Å². The van der Waals surface area contributed by atoms with E-state index < -0.39 is 11.9 Å². The van der Waals surface area contributed by atoms with E-state index in [9.17, 15) is 10.1 Å². The summed E-state index contributed by atoms with van der Waals surface area (Å²) in [5.74, 6) is 2.34. The van der Waals surface area contributed by atoms with Crippen LogP contribution in [0.3, 0.4) is 0 Å². The van der Waals surface area contributed by atoms with Crippen LogP contribution in [-0.2, 0) is 6.42 Å². The number of benzene rings is 1. The highest BCUT2D eigenvalue weighted by atomic mass is 16.6. The monoisotopic (exact) mass is 235 g/mol. The minimum atomic E-state index is -2.26. The van der Waals surface area contributed by atoms with Gasteiger partial charge in [0.25, 0.3) is 5.69 Å². The van der Waals surface area contributed by atoms with E-state index in [1.54, 1.807) is 19.1 Å². The maximum atomic E-state index is 10.6. The quantitative estimate of drug-likeness (QED) is 0.446. The Morgan fingerprint density at radius 3 is 2.71 bits per heavy atom.